The van der Waals surface area contributed by atoms with Gasteiger partial charge in [-0.1, -0.05) is 17.7 Å². The van der Waals surface area contributed by atoms with Crippen molar-refractivity contribution in [2.45, 2.75) is 31.8 Å². The third-order valence-corrected chi connectivity index (χ3v) is 3.65. The van der Waals surface area contributed by atoms with Crippen molar-refractivity contribution in [2.75, 3.05) is 19.0 Å². The molecule has 0 aromatic heterocycles. The molecule has 2 rings (SSSR count). The highest BCUT2D eigenvalue weighted by molar-refractivity contribution is 6.30. The van der Waals surface area contributed by atoms with Crippen molar-refractivity contribution < 1.29 is 0 Å². The summed E-state index contributed by atoms with van der Waals surface area (Å²) >= 11 is 6.08. The summed E-state index contributed by atoms with van der Waals surface area (Å²) in [5.74, 6) is 0. The number of anilines is 1. The van der Waals surface area contributed by atoms with Crippen LogP contribution in [0.3, 0.4) is 0 Å². The van der Waals surface area contributed by atoms with Crippen LogP contribution in [0.2, 0.25) is 5.02 Å². The molecule has 88 valence electrons. The van der Waals surface area contributed by atoms with Gasteiger partial charge >= 0.3 is 0 Å². The predicted octanol–water partition coefficient (Wildman–Crippen LogP) is 3.05. The van der Waals surface area contributed by atoms with Crippen molar-refractivity contribution in [1.29, 1.82) is 0 Å². The maximum Gasteiger partial charge on any atom is 0.0426 e. The van der Waals surface area contributed by atoms with Crippen LogP contribution in [-0.4, -0.2) is 20.1 Å². The monoisotopic (exact) mass is 238 g/mol. The summed E-state index contributed by atoms with van der Waals surface area (Å²) in [6, 6.07) is 6.86. The predicted molar refractivity (Wildman–Crippen MR) is 70.3 cm³/mol. The highest BCUT2D eigenvalue weighted by atomic mass is 35.5. The number of hydrogen-bond donors (Lipinski definition) is 1. The van der Waals surface area contributed by atoms with Crippen LogP contribution < -0.4 is 10.2 Å². The van der Waals surface area contributed by atoms with E-state index in [-0.39, 0.29) is 0 Å². The minimum absolute atomic E-state index is 0.703. The fourth-order valence-electron chi connectivity index (χ4n) is 2.18. The number of halogens is 1. The highest BCUT2D eigenvalue weighted by Crippen LogP contribution is 2.32. The van der Waals surface area contributed by atoms with Gasteiger partial charge in [-0.2, -0.15) is 0 Å². The van der Waals surface area contributed by atoms with Crippen LogP contribution >= 0.6 is 11.6 Å². The summed E-state index contributed by atoms with van der Waals surface area (Å²) in [6.45, 7) is 0.892. The molecule has 16 heavy (non-hydrogen) atoms. The Morgan fingerprint density at radius 3 is 2.75 bits per heavy atom. The van der Waals surface area contributed by atoms with Crippen molar-refractivity contribution in [2.24, 2.45) is 0 Å². The van der Waals surface area contributed by atoms with Crippen molar-refractivity contribution in [3.8, 4) is 0 Å². The highest BCUT2D eigenvalue weighted by Gasteiger charge is 2.23. The van der Waals surface area contributed by atoms with E-state index in [1.807, 2.05) is 13.1 Å². The van der Waals surface area contributed by atoms with E-state index in [9.17, 15) is 0 Å². The van der Waals surface area contributed by atoms with Crippen LogP contribution in [0, 0.1) is 0 Å². The Kier molecular flexibility index (Phi) is 3.72. The first-order chi connectivity index (χ1) is 7.72. The van der Waals surface area contributed by atoms with Gasteiger partial charge in [0.2, 0.25) is 0 Å². The van der Waals surface area contributed by atoms with Crippen molar-refractivity contribution in [3.05, 3.63) is 28.8 Å². The minimum Gasteiger partial charge on any atom is -0.371 e. The molecule has 2 nitrogen and oxygen atoms in total. The van der Waals surface area contributed by atoms with Gasteiger partial charge in [0.1, 0.15) is 0 Å². The zero-order chi connectivity index (χ0) is 11.5. The molecule has 1 saturated carbocycles. The standard InChI is InChI=1S/C13H19ClN2/c1-15-9-10-6-7-11(14)8-13(10)16(2)12-4-3-5-12/h6-8,12,15H,3-5,9H2,1-2H3. The summed E-state index contributed by atoms with van der Waals surface area (Å²) in [5.41, 5.74) is 2.59. The van der Waals surface area contributed by atoms with Crippen LogP contribution in [0.4, 0.5) is 5.69 Å². The summed E-state index contributed by atoms with van der Waals surface area (Å²) < 4.78 is 0. The lowest BCUT2D eigenvalue weighted by atomic mass is 9.91. The molecule has 1 N–H and O–H groups in total. The summed E-state index contributed by atoms with van der Waals surface area (Å²) in [5, 5.41) is 4.02. The van der Waals surface area contributed by atoms with E-state index in [4.69, 9.17) is 11.6 Å². The average Bonchev–Trinajstić information content (AvgIpc) is 2.18. The largest absolute Gasteiger partial charge is 0.371 e. The lowest BCUT2D eigenvalue weighted by Gasteiger charge is -2.37. The molecule has 0 radical (unpaired) electrons. The summed E-state index contributed by atoms with van der Waals surface area (Å²) in [7, 11) is 4.15. The second kappa shape index (κ2) is 5.07. The van der Waals surface area contributed by atoms with Crippen LogP contribution in [0.25, 0.3) is 0 Å². The zero-order valence-electron chi connectivity index (χ0n) is 9.96. The molecule has 0 bridgehead atoms. The first kappa shape index (κ1) is 11.7. The Labute approximate surface area is 103 Å². The smallest absolute Gasteiger partial charge is 0.0426 e. The van der Waals surface area contributed by atoms with Gasteiger partial charge in [-0.25, -0.2) is 0 Å². The maximum absolute atomic E-state index is 6.08. The first-order valence-electron chi connectivity index (χ1n) is 5.88. The number of nitrogens with zero attached hydrogens (tertiary/aromatic N) is 1. The second-order valence-corrected chi connectivity index (χ2v) is 4.94. The minimum atomic E-state index is 0.703. The Morgan fingerprint density at radius 1 is 1.44 bits per heavy atom. The number of rotatable bonds is 4. The molecule has 0 heterocycles. The fraction of sp³-hybridized carbons (Fsp3) is 0.538. The molecular formula is C13H19ClN2. The van der Waals surface area contributed by atoms with E-state index >= 15 is 0 Å². The molecule has 0 unspecified atom stereocenters. The fourth-order valence-corrected chi connectivity index (χ4v) is 2.34. The Bertz CT molecular complexity index is 361. The van der Waals surface area contributed by atoms with Gasteiger partial charge in [0.25, 0.3) is 0 Å². The Morgan fingerprint density at radius 2 is 2.19 bits per heavy atom. The van der Waals surface area contributed by atoms with Crippen LogP contribution in [-0.2, 0) is 6.54 Å². The SMILES string of the molecule is CNCc1ccc(Cl)cc1N(C)C1CCC1. The van der Waals surface area contributed by atoms with Crippen LogP contribution in [0.1, 0.15) is 24.8 Å². The molecule has 1 fully saturated rings. The third-order valence-electron chi connectivity index (χ3n) is 3.42. The van der Waals surface area contributed by atoms with E-state index in [1.165, 1.54) is 30.5 Å². The molecule has 1 aromatic rings. The molecule has 1 aliphatic rings. The van der Waals surface area contributed by atoms with Crippen LogP contribution in [0.5, 0.6) is 0 Å². The van der Waals surface area contributed by atoms with Crippen molar-refractivity contribution in [1.82, 2.24) is 5.32 Å². The number of benzene rings is 1. The van der Waals surface area contributed by atoms with Gasteiger partial charge in [0, 0.05) is 30.3 Å². The summed E-state index contributed by atoms with van der Waals surface area (Å²) in [4.78, 5) is 2.38. The number of nitrogens with one attached hydrogen (secondary N) is 1. The normalized spacial score (nSPS) is 15.9. The molecule has 0 spiro atoms. The van der Waals surface area contributed by atoms with E-state index in [0.717, 1.165) is 11.6 Å². The van der Waals surface area contributed by atoms with Gasteiger partial charge in [-0.05, 0) is 44.0 Å². The van der Waals surface area contributed by atoms with Crippen LogP contribution in [0.15, 0.2) is 18.2 Å². The molecule has 0 aliphatic heterocycles. The molecule has 0 atom stereocenters. The molecular weight excluding hydrogens is 220 g/mol. The molecule has 1 aliphatic carbocycles. The lowest BCUT2D eigenvalue weighted by Crippen LogP contribution is -2.37. The molecule has 0 saturated heterocycles. The molecule has 0 amide bonds. The van der Waals surface area contributed by atoms with E-state index in [2.05, 4.69) is 29.4 Å². The second-order valence-electron chi connectivity index (χ2n) is 4.50. The Balaban J connectivity index is 2.24. The third kappa shape index (κ3) is 2.33. The van der Waals surface area contributed by atoms with Crippen molar-refractivity contribution >= 4 is 17.3 Å². The van der Waals surface area contributed by atoms with E-state index in [1.54, 1.807) is 0 Å². The van der Waals surface area contributed by atoms with Crippen molar-refractivity contribution in [3.63, 3.8) is 0 Å². The van der Waals surface area contributed by atoms with Gasteiger partial charge in [-0.15, -0.1) is 0 Å². The van der Waals surface area contributed by atoms with Gasteiger partial charge in [-0.3, -0.25) is 0 Å². The van der Waals surface area contributed by atoms with Gasteiger partial charge in [0.15, 0.2) is 0 Å². The first-order valence-corrected chi connectivity index (χ1v) is 6.26. The lowest BCUT2D eigenvalue weighted by molar-refractivity contribution is 0.400. The maximum atomic E-state index is 6.08. The topological polar surface area (TPSA) is 15.3 Å². The van der Waals surface area contributed by atoms with Gasteiger partial charge < -0.3 is 10.2 Å². The molecule has 3 heteroatoms. The quantitative estimate of drug-likeness (QED) is 0.868. The Hall–Kier alpha value is -0.730. The molecule has 1 aromatic carbocycles. The van der Waals surface area contributed by atoms with E-state index in [0.29, 0.717) is 6.04 Å². The average molecular weight is 239 g/mol. The number of hydrogen-bond acceptors (Lipinski definition) is 2. The zero-order valence-corrected chi connectivity index (χ0v) is 10.7. The van der Waals surface area contributed by atoms with E-state index < -0.39 is 0 Å². The summed E-state index contributed by atoms with van der Waals surface area (Å²) in [6.07, 6.45) is 3.97. The van der Waals surface area contributed by atoms with Gasteiger partial charge in [0.05, 0.1) is 0 Å².